The molecule has 0 aromatic heterocycles. The smallest absolute Gasteiger partial charge is 0.187 e. The maximum atomic E-state index is 12.9. The van der Waals surface area contributed by atoms with Crippen LogP contribution in [0.15, 0.2) is 12.1 Å². The molecule has 0 bridgehead atoms. The molecular formula is C10H11F2NO. The number of halogens is 2. The molecule has 0 unspecified atom stereocenters. The molecule has 2 N–H and O–H groups in total. The van der Waals surface area contributed by atoms with Crippen molar-refractivity contribution in [2.45, 2.75) is 25.4 Å². The third-order valence-electron chi connectivity index (χ3n) is 2.25. The minimum Gasteiger partial charge on any atom is -0.503 e. The Morgan fingerprint density at radius 2 is 1.86 bits per heavy atom. The molecule has 4 heteroatoms. The highest BCUT2D eigenvalue weighted by Gasteiger charge is 2.20. The second-order valence-corrected chi connectivity index (χ2v) is 3.56. The molecule has 2 rings (SSSR count). The van der Waals surface area contributed by atoms with Gasteiger partial charge in [0.2, 0.25) is 0 Å². The van der Waals surface area contributed by atoms with Gasteiger partial charge in [-0.1, -0.05) is 0 Å². The van der Waals surface area contributed by atoms with E-state index in [1.54, 1.807) is 0 Å². The summed E-state index contributed by atoms with van der Waals surface area (Å²) in [5, 5.41) is 12.0. The highest BCUT2D eigenvalue weighted by molar-refractivity contribution is 5.30. The van der Waals surface area contributed by atoms with Crippen LogP contribution in [0.1, 0.15) is 18.4 Å². The van der Waals surface area contributed by atoms with Gasteiger partial charge < -0.3 is 10.4 Å². The van der Waals surface area contributed by atoms with E-state index < -0.39 is 17.4 Å². The van der Waals surface area contributed by atoms with E-state index in [0.717, 1.165) is 25.0 Å². The lowest BCUT2D eigenvalue weighted by Gasteiger charge is -2.04. The summed E-state index contributed by atoms with van der Waals surface area (Å²) in [7, 11) is 0. The van der Waals surface area contributed by atoms with E-state index in [2.05, 4.69) is 5.32 Å². The molecular weight excluding hydrogens is 188 g/mol. The number of hydrogen-bond donors (Lipinski definition) is 2. The van der Waals surface area contributed by atoms with Crippen molar-refractivity contribution < 1.29 is 13.9 Å². The fourth-order valence-corrected chi connectivity index (χ4v) is 1.27. The molecule has 0 spiro atoms. The van der Waals surface area contributed by atoms with Crippen molar-refractivity contribution in [1.29, 1.82) is 0 Å². The van der Waals surface area contributed by atoms with Crippen LogP contribution in [0, 0.1) is 11.6 Å². The number of aromatic hydroxyl groups is 1. The van der Waals surface area contributed by atoms with E-state index in [1.165, 1.54) is 0 Å². The highest BCUT2D eigenvalue weighted by atomic mass is 19.1. The van der Waals surface area contributed by atoms with Gasteiger partial charge in [-0.25, -0.2) is 8.78 Å². The van der Waals surface area contributed by atoms with Crippen LogP contribution in [0.4, 0.5) is 8.78 Å². The van der Waals surface area contributed by atoms with Crippen molar-refractivity contribution in [3.63, 3.8) is 0 Å². The normalized spacial score (nSPS) is 15.9. The van der Waals surface area contributed by atoms with Crippen molar-refractivity contribution >= 4 is 0 Å². The van der Waals surface area contributed by atoms with Crippen LogP contribution in [0.25, 0.3) is 0 Å². The molecule has 76 valence electrons. The molecule has 1 saturated carbocycles. The van der Waals surface area contributed by atoms with E-state index >= 15 is 0 Å². The van der Waals surface area contributed by atoms with Gasteiger partial charge in [-0.3, -0.25) is 0 Å². The van der Waals surface area contributed by atoms with Gasteiger partial charge >= 0.3 is 0 Å². The van der Waals surface area contributed by atoms with E-state index in [-0.39, 0.29) is 0 Å². The van der Waals surface area contributed by atoms with Crippen LogP contribution in [0.5, 0.6) is 5.75 Å². The summed E-state index contributed by atoms with van der Waals surface area (Å²) >= 11 is 0. The average Bonchev–Trinajstić information content (AvgIpc) is 2.94. The number of rotatable bonds is 3. The van der Waals surface area contributed by atoms with Crippen LogP contribution < -0.4 is 5.32 Å². The third kappa shape index (κ3) is 2.01. The van der Waals surface area contributed by atoms with Gasteiger partial charge in [-0.15, -0.1) is 0 Å². The van der Waals surface area contributed by atoms with Gasteiger partial charge in [-0.05, 0) is 30.5 Å². The number of phenolic OH excluding ortho intramolecular Hbond substituents is 1. The molecule has 0 radical (unpaired) electrons. The Bertz CT molecular complexity index is 327. The van der Waals surface area contributed by atoms with Gasteiger partial charge in [0, 0.05) is 12.6 Å². The number of phenols is 1. The van der Waals surface area contributed by atoms with Crippen LogP contribution in [-0.4, -0.2) is 11.1 Å². The highest BCUT2D eigenvalue weighted by Crippen LogP contribution is 2.23. The largest absolute Gasteiger partial charge is 0.503 e. The lowest BCUT2D eigenvalue weighted by molar-refractivity contribution is 0.395. The Morgan fingerprint density at radius 3 is 2.36 bits per heavy atom. The summed E-state index contributed by atoms with van der Waals surface area (Å²) in [5.74, 6) is -2.71. The zero-order chi connectivity index (χ0) is 10.1. The molecule has 0 aliphatic heterocycles. The van der Waals surface area contributed by atoms with Crippen LogP contribution in [0.3, 0.4) is 0 Å². The van der Waals surface area contributed by atoms with Crippen molar-refractivity contribution in [2.75, 3.05) is 0 Å². The average molecular weight is 199 g/mol. The van der Waals surface area contributed by atoms with Gasteiger partial charge in [-0.2, -0.15) is 0 Å². The monoisotopic (exact) mass is 199 g/mol. The number of benzene rings is 1. The first-order chi connectivity index (χ1) is 6.66. The fourth-order valence-electron chi connectivity index (χ4n) is 1.27. The van der Waals surface area contributed by atoms with Crippen molar-refractivity contribution in [3.8, 4) is 5.75 Å². The second-order valence-electron chi connectivity index (χ2n) is 3.56. The van der Waals surface area contributed by atoms with E-state index in [1.807, 2.05) is 0 Å². The Kier molecular flexibility index (Phi) is 2.37. The van der Waals surface area contributed by atoms with E-state index in [9.17, 15) is 8.78 Å². The molecule has 1 aromatic rings. The SMILES string of the molecule is Oc1c(F)cc(CNC2CC2)cc1F. The quantitative estimate of drug-likeness (QED) is 0.779. The summed E-state index contributed by atoms with van der Waals surface area (Å²) in [6, 6.07) is 2.79. The first-order valence-corrected chi connectivity index (χ1v) is 4.57. The van der Waals surface area contributed by atoms with E-state index in [4.69, 9.17) is 5.11 Å². The van der Waals surface area contributed by atoms with Gasteiger partial charge in [0.1, 0.15) is 0 Å². The lowest BCUT2D eigenvalue weighted by Crippen LogP contribution is -2.15. The molecule has 1 aliphatic rings. The van der Waals surface area contributed by atoms with E-state index in [0.29, 0.717) is 18.2 Å². The maximum absolute atomic E-state index is 12.9. The van der Waals surface area contributed by atoms with Crippen molar-refractivity contribution in [3.05, 3.63) is 29.3 Å². The Labute approximate surface area is 80.6 Å². The van der Waals surface area contributed by atoms with Gasteiger partial charge in [0.05, 0.1) is 0 Å². The van der Waals surface area contributed by atoms with Crippen LogP contribution >= 0.6 is 0 Å². The minimum atomic E-state index is -0.905. The molecule has 2 nitrogen and oxygen atoms in total. The van der Waals surface area contributed by atoms with Gasteiger partial charge in [0.25, 0.3) is 0 Å². The summed E-state index contributed by atoms with van der Waals surface area (Å²) in [6.45, 7) is 0.443. The predicted octanol–water partition coefficient (Wildman–Crippen LogP) is 1.92. The molecule has 1 fully saturated rings. The molecule has 0 atom stereocenters. The third-order valence-corrected chi connectivity index (χ3v) is 2.25. The van der Waals surface area contributed by atoms with Crippen molar-refractivity contribution in [2.24, 2.45) is 0 Å². The zero-order valence-electron chi connectivity index (χ0n) is 7.56. The zero-order valence-corrected chi connectivity index (χ0v) is 7.56. The molecule has 1 aliphatic carbocycles. The standard InChI is InChI=1S/C10H11F2NO/c11-8-3-6(4-9(12)10(8)14)5-13-7-1-2-7/h3-4,7,13-14H,1-2,5H2. The molecule has 0 heterocycles. The second kappa shape index (κ2) is 3.53. The van der Waals surface area contributed by atoms with Crippen molar-refractivity contribution in [1.82, 2.24) is 5.32 Å². The Hall–Kier alpha value is -1.16. The first kappa shape index (κ1) is 9.40. The Morgan fingerprint density at radius 1 is 1.29 bits per heavy atom. The molecule has 0 amide bonds. The fraction of sp³-hybridized carbons (Fsp3) is 0.400. The molecule has 1 aromatic carbocycles. The first-order valence-electron chi connectivity index (χ1n) is 4.57. The van der Waals surface area contributed by atoms with Crippen LogP contribution in [-0.2, 0) is 6.54 Å². The van der Waals surface area contributed by atoms with Gasteiger partial charge in [0.15, 0.2) is 17.4 Å². The minimum absolute atomic E-state index is 0.443. The predicted molar refractivity (Wildman–Crippen MR) is 47.9 cm³/mol. The Balaban J connectivity index is 2.08. The lowest BCUT2D eigenvalue weighted by atomic mass is 10.2. The summed E-state index contributed by atoms with van der Waals surface area (Å²) in [4.78, 5) is 0. The summed E-state index contributed by atoms with van der Waals surface area (Å²) < 4.78 is 25.7. The number of hydrogen-bond acceptors (Lipinski definition) is 2. The van der Waals surface area contributed by atoms with Crippen LogP contribution in [0.2, 0.25) is 0 Å². The maximum Gasteiger partial charge on any atom is 0.187 e. The molecule has 14 heavy (non-hydrogen) atoms. The number of nitrogens with one attached hydrogen (secondary N) is 1. The topological polar surface area (TPSA) is 32.3 Å². The summed E-state index contributed by atoms with van der Waals surface area (Å²) in [5.41, 5.74) is 0.518. The molecule has 0 saturated heterocycles. The summed E-state index contributed by atoms with van der Waals surface area (Å²) in [6.07, 6.45) is 2.26.